The molecule has 0 saturated carbocycles. The van der Waals surface area contributed by atoms with E-state index in [-0.39, 0.29) is 6.10 Å². The summed E-state index contributed by atoms with van der Waals surface area (Å²) in [6.45, 7) is 2.87. The Hall–Kier alpha value is -1.32. The molecule has 98 valence electrons. The number of ether oxygens (including phenoxy) is 1. The number of aliphatic hydroxyl groups is 1. The van der Waals surface area contributed by atoms with Crippen molar-refractivity contribution in [3.8, 4) is 5.75 Å². The lowest BCUT2D eigenvalue weighted by atomic mass is 10.2. The second kappa shape index (κ2) is 6.57. The second-order valence-corrected chi connectivity index (χ2v) is 4.71. The van der Waals surface area contributed by atoms with Crippen molar-refractivity contribution in [2.45, 2.75) is 18.9 Å². The first-order chi connectivity index (χ1) is 8.78. The predicted molar refractivity (Wildman–Crippen MR) is 73.7 cm³/mol. The molecule has 2 rings (SSSR count). The number of hydrogen-bond acceptors (Lipinski definition) is 3. The maximum Gasteiger partial charge on any atom is 0.119 e. The molecule has 0 aliphatic carbocycles. The van der Waals surface area contributed by atoms with Gasteiger partial charge in [-0.25, -0.2) is 0 Å². The Kier molecular flexibility index (Phi) is 4.79. The lowest BCUT2D eigenvalue weighted by Gasteiger charge is -2.12. The molecule has 0 spiro atoms. The summed E-state index contributed by atoms with van der Waals surface area (Å²) in [5.74, 6) is 0.889. The molecule has 3 nitrogen and oxygen atoms in total. The zero-order valence-corrected chi connectivity index (χ0v) is 10.9. The second-order valence-electron chi connectivity index (χ2n) is 4.71. The number of likely N-dealkylation sites (tertiary alicyclic amines) is 1. The van der Waals surface area contributed by atoms with Gasteiger partial charge < -0.3 is 14.7 Å². The number of rotatable bonds is 5. The highest BCUT2D eigenvalue weighted by atomic mass is 16.5. The van der Waals surface area contributed by atoms with Crippen LogP contribution in [0.3, 0.4) is 0 Å². The van der Waals surface area contributed by atoms with E-state index in [1.807, 2.05) is 18.2 Å². The third-order valence-electron chi connectivity index (χ3n) is 3.26. The smallest absolute Gasteiger partial charge is 0.119 e. The summed E-state index contributed by atoms with van der Waals surface area (Å²) in [6.07, 6.45) is 6.12. The lowest BCUT2D eigenvalue weighted by Crippen LogP contribution is -2.22. The molecule has 1 heterocycles. The average molecular weight is 247 g/mol. The van der Waals surface area contributed by atoms with Gasteiger partial charge in [-0.15, -0.1) is 0 Å². The number of β-amino-alcohol motifs (C(OH)–C–C–N with tert-alkyl or cyclic N) is 1. The summed E-state index contributed by atoms with van der Waals surface area (Å²) < 4.78 is 5.18. The Bertz CT molecular complexity index is 403. The van der Waals surface area contributed by atoms with E-state index in [9.17, 15) is 5.11 Å². The first-order valence-electron chi connectivity index (χ1n) is 6.49. The number of benzene rings is 1. The normalized spacial score (nSPS) is 20.7. The number of methoxy groups -OCH3 is 1. The van der Waals surface area contributed by atoms with E-state index in [2.05, 4.69) is 23.1 Å². The largest absolute Gasteiger partial charge is 0.497 e. The first-order valence-corrected chi connectivity index (χ1v) is 6.49. The van der Waals surface area contributed by atoms with Crippen molar-refractivity contribution in [3.63, 3.8) is 0 Å². The van der Waals surface area contributed by atoms with Gasteiger partial charge in [-0.3, -0.25) is 0 Å². The van der Waals surface area contributed by atoms with Gasteiger partial charge in [-0.1, -0.05) is 24.3 Å². The van der Waals surface area contributed by atoms with Crippen molar-refractivity contribution in [1.29, 1.82) is 0 Å². The molecule has 0 amide bonds. The standard InChI is InChI=1S/C15H21NO2/c1-18-15-7-4-6-13(11-15)5-2-3-9-16-10-8-14(17)12-16/h2,4-7,11,14,17H,3,8-10,12H2,1H3/b5-2+/t14-/m1/s1. The van der Waals surface area contributed by atoms with E-state index in [1.165, 1.54) is 0 Å². The maximum atomic E-state index is 9.42. The fraction of sp³-hybridized carbons (Fsp3) is 0.467. The fourth-order valence-corrected chi connectivity index (χ4v) is 2.24. The van der Waals surface area contributed by atoms with Crippen LogP contribution < -0.4 is 4.74 Å². The van der Waals surface area contributed by atoms with Gasteiger partial charge in [0.2, 0.25) is 0 Å². The van der Waals surface area contributed by atoms with Crippen LogP contribution in [0.4, 0.5) is 0 Å². The van der Waals surface area contributed by atoms with E-state index in [0.717, 1.165) is 43.8 Å². The molecule has 1 aromatic rings. The minimum atomic E-state index is -0.118. The number of hydrogen-bond donors (Lipinski definition) is 1. The van der Waals surface area contributed by atoms with Gasteiger partial charge in [-0.2, -0.15) is 0 Å². The molecule has 1 atom stereocenters. The molecule has 1 aliphatic heterocycles. The quantitative estimate of drug-likeness (QED) is 0.865. The topological polar surface area (TPSA) is 32.7 Å². The summed E-state index contributed by atoms with van der Waals surface area (Å²) in [5, 5.41) is 9.42. The summed E-state index contributed by atoms with van der Waals surface area (Å²) in [4.78, 5) is 2.31. The molecule has 0 radical (unpaired) electrons. The van der Waals surface area contributed by atoms with Crippen LogP contribution in [0.25, 0.3) is 6.08 Å². The molecule has 1 aliphatic rings. The van der Waals surface area contributed by atoms with Crippen LogP contribution in [0.1, 0.15) is 18.4 Å². The van der Waals surface area contributed by atoms with Crippen LogP contribution in [-0.2, 0) is 0 Å². The molecule has 3 heteroatoms. The zero-order chi connectivity index (χ0) is 12.8. The number of nitrogens with zero attached hydrogens (tertiary/aromatic N) is 1. The van der Waals surface area contributed by atoms with E-state index in [4.69, 9.17) is 4.74 Å². The number of aliphatic hydroxyl groups excluding tert-OH is 1. The van der Waals surface area contributed by atoms with Crippen LogP contribution >= 0.6 is 0 Å². The lowest BCUT2D eigenvalue weighted by molar-refractivity contribution is 0.177. The van der Waals surface area contributed by atoms with Crippen LogP contribution in [0.2, 0.25) is 0 Å². The third kappa shape index (κ3) is 3.86. The summed E-state index contributed by atoms with van der Waals surface area (Å²) >= 11 is 0. The van der Waals surface area contributed by atoms with Crippen LogP contribution in [-0.4, -0.2) is 42.9 Å². The highest BCUT2D eigenvalue weighted by Gasteiger charge is 2.18. The monoisotopic (exact) mass is 247 g/mol. The molecule has 1 aromatic carbocycles. The Balaban J connectivity index is 1.76. The summed E-state index contributed by atoms with van der Waals surface area (Å²) in [7, 11) is 1.68. The van der Waals surface area contributed by atoms with Crippen molar-refractivity contribution in [2.75, 3.05) is 26.7 Å². The average Bonchev–Trinajstić information content (AvgIpc) is 2.81. The van der Waals surface area contributed by atoms with Gasteiger partial charge in [0, 0.05) is 19.6 Å². The van der Waals surface area contributed by atoms with Crippen LogP contribution in [0.15, 0.2) is 30.3 Å². The molecule has 0 bridgehead atoms. The molecule has 18 heavy (non-hydrogen) atoms. The Labute approximate surface area is 109 Å². The zero-order valence-electron chi connectivity index (χ0n) is 10.9. The summed E-state index contributed by atoms with van der Waals surface area (Å²) in [6, 6.07) is 8.03. The van der Waals surface area contributed by atoms with Gasteiger partial charge in [0.25, 0.3) is 0 Å². The third-order valence-corrected chi connectivity index (χ3v) is 3.26. The minimum absolute atomic E-state index is 0.118. The maximum absolute atomic E-state index is 9.42. The molecule has 1 fully saturated rings. The Morgan fingerprint density at radius 1 is 1.50 bits per heavy atom. The van der Waals surface area contributed by atoms with E-state index in [0.29, 0.717) is 0 Å². The fourth-order valence-electron chi connectivity index (χ4n) is 2.24. The molecular formula is C15H21NO2. The minimum Gasteiger partial charge on any atom is -0.497 e. The van der Waals surface area contributed by atoms with Crippen molar-refractivity contribution in [1.82, 2.24) is 4.90 Å². The van der Waals surface area contributed by atoms with E-state index >= 15 is 0 Å². The van der Waals surface area contributed by atoms with E-state index < -0.39 is 0 Å². The first kappa shape index (κ1) is 13.1. The van der Waals surface area contributed by atoms with Crippen LogP contribution in [0, 0.1) is 0 Å². The highest BCUT2D eigenvalue weighted by Crippen LogP contribution is 2.14. The van der Waals surface area contributed by atoms with Gasteiger partial charge in [0.15, 0.2) is 0 Å². The van der Waals surface area contributed by atoms with Gasteiger partial charge in [0.1, 0.15) is 5.75 Å². The van der Waals surface area contributed by atoms with Crippen molar-refractivity contribution in [3.05, 3.63) is 35.9 Å². The molecule has 1 saturated heterocycles. The SMILES string of the molecule is COc1cccc(/C=C/CCN2CC[C@@H](O)C2)c1. The van der Waals surface area contributed by atoms with Crippen molar-refractivity contribution >= 4 is 6.08 Å². The predicted octanol–water partition coefficient (Wildman–Crippen LogP) is 2.17. The Morgan fingerprint density at radius 3 is 3.11 bits per heavy atom. The van der Waals surface area contributed by atoms with Crippen molar-refractivity contribution in [2.24, 2.45) is 0 Å². The van der Waals surface area contributed by atoms with Crippen LogP contribution in [0.5, 0.6) is 5.75 Å². The molecular weight excluding hydrogens is 226 g/mol. The van der Waals surface area contributed by atoms with E-state index in [1.54, 1.807) is 7.11 Å². The molecule has 1 N–H and O–H groups in total. The molecule has 0 unspecified atom stereocenters. The molecule has 0 aromatic heterocycles. The summed E-state index contributed by atoms with van der Waals surface area (Å²) in [5.41, 5.74) is 1.16. The highest BCUT2D eigenvalue weighted by molar-refractivity contribution is 5.51. The van der Waals surface area contributed by atoms with Crippen molar-refractivity contribution < 1.29 is 9.84 Å². The van der Waals surface area contributed by atoms with Gasteiger partial charge in [-0.05, 0) is 30.5 Å². The van der Waals surface area contributed by atoms with Gasteiger partial charge in [0.05, 0.1) is 13.2 Å². The van der Waals surface area contributed by atoms with Gasteiger partial charge >= 0.3 is 0 Å². The Morgan fingerprint density at radius 2 is 2.39 bits per heavy atom.